The number of nitrogens with two attached hydrogens (primary N) is 1. The lowest BCUT2D eigenvalue weighted by Crippen LogP contribution is -2.49. The van der Waals surface area contributed by atoms with Crippen molar-refractivity contribution in [2.75, 3.05) is 13.6 Å². The summed E-state index contributed by atoms with van der Waals surface area (Å²) < 4.78 is 25.7. The van der Waals surface area contributed by atoms with Crippen molar-refractivity contribution < 1.29 is 8.42 Å². The van der Waals surface area contributed by atoms with Crippen LogP contribution in [-0.4, -0.2) is 31.9 Å². The first-order valence-corrected chi connectivity index (χ1v) is 6.50. The van der Waals surface area contributed by atoms with Crippen LogP contribution in [0.25, 0.3) is 0 Å². The molecule has 0 fully saturated rings. The molecule has 0 saturated heterocycles. The first-order chi connectivity index (χ1) is 7.32. The molecule has 1 rings (SSSR count). The van der Waals surface area contributed by atoms with E-state index in [1.807, 2.05) is 0 Å². The molecule has 0 aliphatic heterocycles. The Morgan fingerprint density at radius 3 is 2.19 bits per heavy atom. The van der Waals surface area contributed by atoms with Crippen molar-refractivity contribution in [2.24, 2.45) is 5.73 Å². The molecule has 0 radical (unpaired) electrons. The van der Waals surface area contributed by atoms with E-state index in [0.717, 1.165) is 0 Å². The summed E-state index contributed by atoms with van der Waals surface area (Å²) in [6, 6.07) is 8.36. The van der Waals surface area contributed by atoms with Gasteiger partial charge in [-0.05, 0) is 26.0 Å². The molecule has 0 aromatic heterocycles. The number of likely N-dealkylation sites (N-methyl/N-ethyl adjacent to an activating group) is 1. The average Bonchev–Trinajstić information content (AvgIpc) is 2.29. The van der Waals surface area contributed by atoms with Crippen molar-refractivity contribution in [3.8, 4) is 0 Å². The van der Waals surface area contributed by atoms with Gasteiger partial charge in [-0.15, -0.1) is 0 Å². The quantitative estimate of drug-likeness (QED) is 0.858. The highest BCUT2D eigenvalue weighted by atomic mass is 32.2. The standard InChI is InChI=1S/C11H18N2O2S/c1-11(2,9-12)13(3)16(14,15)10-7-5-4-6-8-10/h4-8H,9,12H2,1-3H3. The molecule has 0 amide bonds. The summed E-state index contributed by atoms with van der Waals surface area (Å²) in [5.74, 6) is 0. The third kappa shape index (κ3) is 2.42. The highest BCUT2D eigenvalue weighted by Crippen LogP contribution is 2.21. The van der Waals surface area contributed by atoms with Crippen LogP contribution in [0, 0.1) is 0 Å². The summed E-state index contributed by atoms with van der Waals surface area (Å²) in [5, 5.41) is 0. The minimum absolute atomic E-state index is 0.273. The van der Waals surface area contributed by atoms with E-state index < -0.39 is 15.6 Å². The van der Waals surface area contributed by atoms with Gasteiger partial charge >= 0.3 is 0 Å². The topological polar surface area (TPSA) is 63.4 Å². The molecule has 90 valence electrons. The van der Waals surface area contributed by atoms with E-state index in [-0.39, 0.29) is 6.54 Å². The maximum absolute atomic E-state index is 12.2. The van der Waals surface area contributed by atoms with Gasteiger partial charge in [0.25, 0.3) is 0 Å². The van der Waals surface area contributed by atoms with Gasteiger partial charge in [0.1, 0.15) is 0 Å². The van der Waals surface area contributed by atoms with Gasteiger partial charge in [-0.3, -0.25) is 0 Å². The van der Waals surface area contributed by atoms with Gasteiger partial charge in [0.05, 0.1) is 4.90 Å². The SMILES string of the molecule is CN(C(C)(C)CN)S(=O)(=O)c1ccccc1. The molecule has 2 N–H and O–H groups in total. The summed E-state index contributed by atoms with van der Waals surface area (Å²) in [6.45, 7) is 3.87. The molecule has 0 saturated carbocycles. The summed E-state index contributed by atoms with van der Waals surface area (Å²) in [5.41, 5.74) is 4.99. The molecule has 0 heterocycles. The number of nitrogens with zero attached hydrogens (tertiary/aromatic N) is 1. The molecule has 0 atom stereocenters. The number of benzene rings is 1. The smallest absolute Gasteiger partial charge is 0.243 e. The molecule has 5 heteroatoms. The Morgan fingerprint density at radius 2 is 1.75 bits per heavy atom. The Labute approximate surface area is 97.1 Å². The summed E-state index contributed by atoms with van der Waals surface area (Å²) in [7, 11) is -1.90. The first kappa shape index (κ1) is 13.2. The lowest BCUT2D eigenvalue weighted by Gasteiger charge is -2.33. The number of hydrogen-bond donors (Lipinski definition) is 1. The number of sulfonamides is 1. The third-order valence-corrected chi connectivity index (χ3v) is 4.84. The van der Waals surface area contributed by atoms with Crippen LogP contribution in [0.4, 0.5) is 0 Å². The molecule has 0 aliphatic rings. The van der Waals surface area contributed by atoms with Crippen LogP contribution in [0.1, 0.15) is 13.8 Å². The highest BCUT2D eigenvalue weighted by molar-refractivity contribution is 7.89. The molecule has 0 bridgehead atoms. The zero-order chi connectivity index (χ0) is 12.4. The van der Waals surface area contributed by atoms with Crippen molar-refractivity contribution in [2.45, 2.75) is 24.3 Å². The maximum Gasteiger partial charge on any atom is 0.243 e. The number of hydrogen-bond acceptors (Lipinski definition) is 3. The second-order valence-electron chi connectivity index (χ2n) is 4.30. The van der Waals surface area contributed by atoms with Gasteiger partial charge in [-0.1, -0.05) is 18.2 Å². The van der Waals surface area contributed by atoms with Gasteiger partial charge in [0.15, 0.2) is 0 Å². The summed E-state index contributed by atoms with van der Waals surface area (Å²) >= 11 is 0. The number of rotatable bonds is 4. The fourth-order valence-corrected chi connectivity index (χ4v) is 2.75. The van der Waals surface area contributed by atoms with Crippen LogP contribution in [0.3, 0.4) is 0 Å². The molecule has 16 heavy (non-hydrogen) atoms. The fourth-order valence-electron chi connectivity index (χ4n) is 1.20. The second-order valence-corrected chi connectivity index (χ2v) is 6.27. The Kier molecular flexibility index (Phi) is 3.72. The normalized spacial score (nSPS) is 13.1. The van der Waals surface area contributed by atoms with E-state index in [4.69, 9.17) is 5.73 Å². The Bertz CT molecular complexity index is 440. The van der Waals surface area contributed by atoms with E-state index in [0.29, 0.717) is 4.90 Å². The minimum Gasteiger partial charge on any atom is -0.329 e. The molecule has 1 aromatic carbocycles. The van der Waals surface area contributed by atoms with Gasteiger partial charge in [0, 0.05) is 19.1 Å². The van der Waals surface area contributed by atoms with E-state index in [1.165, 1.54) is 4.31 Å². The lowest BCUT2D eigenvalue weighted by atomic mass is 10.1. The molecule has 0 spiro atoms. The van der Waals surface area contributed by atoms with Crippen molar-refractivity contribution >= 4 is 10.0 Å². The largest absolute Gasteiger partial charge is 0.329 e. The molecule has 4 nitrogen and oxygen atoms in total. The summed E-state index contributed by atoms with van der Waals surface area (Å²) in [6.07, 6.45) is 0. The van der Waals surface area contributed by atoms with Gasteiger partial charge in [-0.2, -0.15) is 4.31 Å². The van der Waals surface area contributed by atoms with E-state index in [1.54, 1.807) is 51.2 Å². The molecule has 1 aromatic rings. The van der Waals surface area contributed by atoms with Crippen molar-refractivity contribution in [3.05, 3.63) is 30.3 Å². The molecule has 0 aliphatic carbocycles. The van der Waals surface area contributed by atoms with Crippen molar-refractivity contribution in [1.82, 2.24) is 4.31 Å². The third-order valence-electron chi connectivity index (χ3n) is 2.75. The lowest BCUT2D eigenvalue weighted by molar-refractivity contribution is 0.274. The van der Waals surface area contributed by atoms with E-state index >= 15 is 0 Å². The van der Waals surface area contributed by atoms with Crippen LogP contribution >= 0.6 is 0 Å². The zero-order valence-corrected chi connectivity index (χ0v) is 10.7. The van der Waals surface area contributed by atoms with E-state index in [9.17, 15) is 8.42 Å². The van der Waals surface area contributed by atoms with Gasteiger partial charge < -0.3 is 5.73 Å². The Balaban J connectivity index is 3.14. The zero-order valence-electron chi connectivity index (χ0n) is 9.84. The molecule has 0 unspecified atom stereocenters. The van der Waals surface area contributed by atoms with Crippen LogP contribution in [-0.2, 0) is 10.0 Å². The van der Waals surface area contributed by atoms with Crippen LogP contribution < -0.4 is 5.73 Å². The Hall–Kier alpha value is -0.910. The van der Waals surface area contributed by atoms with Crippen LogP contribution in [0.15, 0.2) is 35.2 Å². The fraction of sp³-hybridized carbons (Fsp3) is 0.455. The van der Waals surface area contributed by atoms with E-state index in [2.05, 4.69) is 0 Å². The average molecular weight is 242 g/mol. The van der Waals surface area contributed by atoms with Crippen molar-refractivity contribution in [1.29, 1.82) is 0 Å². The predicted molar refractivity (Wildman–Crippen MR) is 64.5 cm³/mol. The second kappa shape index (κ2) is 4.53. The van der Waals surface area contributed by atoms with Crippen LogP contribution in [0.5, 0.6) is 0 Å². The Morgan fingerprint density at radius 1 is 1.25 bits per heavy atom. The predicted octanol–water partition coefficient (Wildman–Crippen LogP) is 1.04. The molecular formula is C11H18N2O2S. The van der Waals surface area contributed by atoms with Gasteiger partial charge in [-0.25, -0.2) is 8.42 Å². The first-order valence-electron chi connectivity index (χ1n) is 5.06. The molecular weight excluding hydrogens is 224 g/mol. The summed E-state index contributed by atoms with van der Waals surface area (Å²) in [4.78, 5) is 0.291. The van der Waals surface area contributed by atoms with Gasteiger partial charge in [0.2, 0.25) is 10.0 Å². The minimum atomic E-state index is -3.46. The monoisotopic (exact) mass is 242 g/mol. The highest BCUT2D eigenvalue weighted by Gasteiger charge is 2.32. The van der Waals surface area contributed by atoms with Crippen molar-refractivity contribution in [3.63, 3.8) is 0 Å². The maximum atomic E-state index is 12.2. The van der Waals surface area contributed by atoms with Crippen LogP contribution in [0.2, 0.25) is 0 Å².